The normalized spacial score (nSPS) is 22.6. The van der Waals surface area contributed by atoms with E-state index in [2.05, 4.69) is 0 Å². The molecule has 0 aromatic heterocycles. The molecular weight excluding hydrogens is 268 g/mol. The molecule has 4 heteroatoms. The lowest BCUT2D eigenvalue weighted by molar-refractivity contribution is -0.146. The number of carbonyl (C=O) groups is 2. The first kappa shape index (κ1) is 15.5. The average molecular weight is 290 g/mol. The van der Waals surface area contributed by atoms with Crippen molar-refractivity contribution in [2.24, 2.45) is 11.8 Å². The van der Waals surface area contributed by atoms with E-state index in [9.17, 15) is 9.59 Å². The third-order valence-electron chi connectivity index (χ3n) is 3.88. The first-order chi connectivity index (χ1) is 10.0. The van der Waals surface area contributed by atoms with Crippen LogP contribution in [0.2, 0.25) is 0 Å². The minimum atomic E-state index is -0.225. The van der Waals surface area contributed by atoms with Gasteiger partial charge in [0, 0.05) is 6.92 Å². The quantitative estimate of drug-likeness (QED) is 0.616. The van der Waals surface area contributed by atoms with Crippen LogP contribution in [0.4, 0.5) is 0 Å². The van der Waals surface area contributed by atoms with Crippen LogP contribution in [0.15, 0.2) is 30.3 Å². The van der Waals surface area contributed by atoms with E-state index in [1.807, 2.05) is 25.1 Å². The van der Waals surface area contributed by atoms with E-state index in [1.54, 1.807) is 12.1 Å². The van der Waals surface area contributed by atoms with Crippen molar-refractivity contribution < 1.29 is 19.1 Å². The van der Waals surface area contributed by atoms with Crippen molar-refractivity contribution in [1.82, 2.24) is 0 Å². The Morgan fingerprint density at radius 3 is 2.62 bits per heavy atom. The van der Waals surface area contributed by atoms with Crippen LogP contribution in [-0.2, 0) is 14.3 Å². The van der Waals surface area contributed by atoms with Crippen molar-refractivity contribution in [2.45, 2.75) is 45.6 Å². The van der Waals surface area contributed by atoms with E-state index >= 15 is 0 Å². The van der Waals surface area contributed by atoms with Gasteiger partial charge in [-0.25, -0.2) is 0 Å². The Kier molecular flexibility index (Phi) is 5.37. The molecule has 2 rings (SSSR count). The number of rotatable bonds is 5. The summed E-state index contributed by atoms with van der Waals surface area (Å²) in [4.78, 5) is 23.0. The van der Waals surface area contributed by atoms with Crippen molar-refractivity contribution in [3.8, 4) is 5.75 Å². The number of para-hydroxylation sites is 1. The SMILES string of the molecule is CC(=O)OC1CCC(CC(C)C(=O)Oc2ccccc2)C1. The third-order valence-corrected chi connectivity index (χ3v) is 3.88. The number of benzene rings is 1. The molecule has 4 nitrogen and oxygen atoms in total. The van der Waals surface area contributed by atoms with Crippen molar-refractivity contribution in [2.75, 3.05) is 0 Å². The van der Waals surface area contributed by atoms with Crippen LogP contribution < -0.4 is 4.74 Å². The fourth-order valence-corrected chi connectivity index (χ4v) is 2.89. The maximum atomic E-state index is 12.1. The first-order valence-corrected chi connectivity index (χ1v) is 7.48. The van der Waals surface area contributed by atoms with Crippen LogP contribution in [0, 0.1) is 11.8 Å². The largest absolute Gasteiger partial charge is 0.463 e. The number of hydrogen-bond donors (Lipinski definition) is 0. The Bertz CT molecular complexity index is 483. The molecule has 1 aromatic carbocycles. The zero-order chi connectivity index (χ0) is 15.2. The summed E-state index contributed by atoms with van der Waals surface area (Å²) in [5.74, 6) is 0.437. The standard InChI is InChI=1S/C17H22O4/c1-12(17(19)21-15-6-4-3-5-7-15)10-14-8-9-16(11-14)20-13(2)18/h3-7,12,14,16H,8-11H2,1-2H3. The smallest absolute Gasteiger partial charge is 0.314 e. The summed E-state index contributed by atoms with van der Waals surface area (Å²) in [6, 6.07) is 9.12. The zero-order valence-electron chi connectivity index (χ0n) is 12.6. The van der Waals surface area contributed by atoms with Gasteiger partial charge in [-0.15, -0.1) is 0 Å². The minimum Gasteiger partial charge on any atom is -0.463 e. The predicted molar refractivity (Wildman–Crippen MR) is 78.8 cm³/mol. The molecule has 0 amide bonds. The van der Waals surface area contributed by atoms with Gasteiger partial charge in [-0.1, -0.05) is 25.1 Å². The van der Waals surface area contributed by atoms with Gasteiger partial charge in [0.2, 0.25) is 0 Å². The van der Waals surface area contributed by atoms with Crippen LogP contribution in [0.5, 0.6) is 5.75 Å². The molecule has 1 saturated carbocycles. The number of esters is 2. The Hall–Kier alpha value is -1.84. The first-order valence-electron chi connectivity index (χ1n) is 7.48. The fourth-order valence-electron chi connectivity index (χ4n) is 2.89. The second kappa shape index (κ2) is 7.25. The molecular formula is C17H22O4. The predicted octanol–water partition coefficient (Wildman–Crippen LogP) is 3.35. The molecule has 0 saturated heterocycles. The van der Waals surface area contributed by atoms with Crippen molar-refractivity contribution in [3.05, 3.63) is 30.3 Å². The molecule has 1 fully saturated rings. The number of carbonyl (C=O) groups excluding carboxylic acids is 2. The van der Waals surface area contributed by atoms with Gasteiger partial charge in [0.15, 0.2) is 0 Å². The summed E-state index contributed by atoms with van der Waals surface area (Å²) in [5.41, 5.74) is 0. The van der Waals surface area contributed by atoms with E-state index in [1.165, 1.54) is 6.92 Å². The molecule has 0 radical (unpaired) electrons. The summed E-state index contributed by atoms with van der Waals surface area (Å²) in [6.45, 7) is 3.33. The number of ether oxygens (including phenoxy) is 2. The van der Waals surface area contributed by atoms with Gasteiger partial charge >= 0.3 is 11.9 Å². The molecule has 0 spiro atoms. The second-order valence-corrected chi connectivity index (χ2v) is 5.78. The summed E-state index contributed by atoms with van der Waals surface area (Å²) < 4.78 is 10.6. The van der Waals surface area contributed by atoms with Gasteiger partial charge in [0.25, 0.3) is 0 Å². The van der Waals surface area contributed by atoms with Gasteiger partial charge in [-0.3, -0.25) is 9.59 Å². The Labute approximate surface area is 125 Å². The highest BCUT2D eigenvalue weighted by Crippen LogP contribution is 2.33. The van der Waals surface area contributed by atoms with E-state index in [0.717, 1.165) is 25.7 Å². The van der Waals surface area contributed by atoms with Crippen LogP contribution in [0.25, 0.3) is 0 Å². The Balaban J connectivity index is 1.78. The fraction of sp³-hybridized carbons (Fsp3) is 0.529. The molecule has 3 unspecified atom stereocenters. The van der Waals surface area contributed by atoms with Crippen molar-refractivity contribution in [3.63, 3.8) is 0 Å². The maximum Gasteiger partial charge on any atom is 0.314 e. The van der Waals surface area contributed by atoms with Gasteiger partial charge in [0.1, 0.15) is 11.9 Å². The van der Waals surface area contributed by atoms with E-state index < -0.39 is 0 Å². The lowest BCUT2D eigenvalue weighted by Crippen LogP contribution is -2.20. The molecule has 1 aliphatic carbocycles. The molecule has 0 bridgehead atoms. The minimum absolute atomic E-state index is 0.0184. The van der Waals surface area contributed by atoms with Crippen LogP contribution in [0.3, 0.4) is 0 Å². The molecule has 1 aliphatic rings. The summed E-state index contributed by atoms with van der Waals surface area (Å²) >= 11 is 0. The van der Waals surface area contributed by atoms with E-state index in [-0.39, 0.29) is 24.0 Å². The van der Waals surface area contributed by atoms with Crippen LogP contribution in [-0.4, -0.2) is 18.0 Å². The number of hydrogen-bond acceptors (Lipinski definition) is 4. The molecule has 0 N–H and O–H groups in total. The Morgan fingerprint density at radius 1 is 1.24 bits per heavy atom. The van der Waals surface area contributed by atoms with Crippen LogP contribution in [0.1, 0.15) is 39.5 Å². The topological polar surface area (TPSA) is 52.6 Å². The lowest BCUT2D eigenvalue weighted by atomic mass is 9.94. The molecule has 114 valence electrons. The molecule has 0 heterocycles. The van der Waals surface area contributed by atoms with Gasteiger partial charge in [0.05, 0.1) is 5.92 Å². The summed E-state index contributed by atoms with van der Waals surface area (Å²) in [6.07, 6.45) is 3.54. The zero-order valence-corrected chi connectivity index (χ0v) is 12.6. The van der Waals surface area contributed by atoms with E-state index in [0.29, 0.717) is 11.7 Å². The highest BCUT2D eigenvalue weighted by molar-refractivity contribution is 5.74. The molecule has 3 atom stereocenters. The average Bonchev–Trinajstić information content (AvgIpc) is 2.86. The maximum absolute atomic E-state index is 12.1. The van der Waals surface area contributed by atoms with E-state index in [4.69, 9.17) is 9.47 Å². The molecule has 21 heavy (non-hydrogen) atoms. The lowest BCUT2D eigenvalue weighted by Gasteiger charge is -2.16. The van der Waals surface area contributed by atoms with Crippen molar-refractivity contribution in [1.29, 1.82) is 0 Å². The Morgan fingerprint density at radius 2 is 1.95 bits per heavy atom. The molecule has 1 aromatic rings. The molecule has 0 aliphatic heterocycles. The van der Waals surface area contributed by atoms with Crippen molar-refractivity contribution >= 4 is 11.9 Å². The highest BCUT2D eigenvalue weighted by atomic mass is 16.5. The van der Waals surface area contributed by atoms with Gasteiger partial charge in [-0.2, -0.15) is 0 Å². The third kappa shape index (κ3) is 4.88. The monoisotopic (exact) mass is 290 g/mol. The van der Waals surface area contributed by atoms with Crippen LogP contribution >= 0.6 is 0 Å². The van der Waals surface area contributed by atoms with Gasteiger partial charge in [-0.05, 0) is 43.7 Å². The highest BCUT2D eigenvalue weighted by Gasteiger charge is 2.30. The summed E-state index contributed by atoms with van der Waals surface area (Å²) in [5, 5.41) is 0. The summed E-state index contributed by atoms with van der Waals surface area (Å²) in [7, 11) is 0. The van der Waals surface area contributed by atoms with Gasteiger partial charge < -0.3 is 9.47 Å². The second-order valence-electron chi connectivity index (χ2n) is 5.78.